The molecule has 1 aliphatic heterocycles. The van der Waals surface area contributed by atoms with Gasteiger partial charge in [-0.05, 0) is 47.0 Å². The lowest BCUT2D eigenvalue weighted by Gasteiger charge is -2.34. The fourth-order valence-electron chi connectivity index (χ4n) is 3.74. The van der Waals surface area contributed by atoms with Crippen LogP contribution in [0.4, 0.5) is 10.1 Å². The van der Waals surface area contributed by atoms with E-state index in [2.05, 4.69) is 22.0 Å². The van der Waals surface area contributed by atoms with Gasteiger partial charge in [0.05, 0.1) is 12.4 Å². The lowest BCUT2D eigenvalue weighted by Crippen LogP contribution is -2.47. The number of nitrogens with zero attached hydrogens (tertiary/aromatic N) is 5. The highest BCUT2D eigenvalue weighted by Gasteiger charge is 2.21. The van der Waals surface area contributed by atoms with E-state index in [0.29, 0.717) is 19.6 Å². The third kappa shape index (κ3) is 5.69. The van der Waals surface area contributed by atoms with Crippen LogP contribution < -0.4 is 4.90 Å². The molecule has 0 amide bonds. The first-order valence-electron chi connectivity index (χ1n) is 10.4. The van der Waals surface area contributed by atoms with E-state index < -0.39 is 11.0 Å². The van der Waals surface area contributed by atoms with Gasteiger partial charge in [0.1, 0.15) is 22.6 Å². The number of hydrogen-bond donors (Lipinski definition) is 0. The van der Waals surface area contributed by atoms with Crippen LogP contribution >= 0.6 is 0 Å². The summed E-state index contributed by atoms with van der Waals surface area (Å²) in [7, 11) is -1.21. The molecule has 0 aliphatic carbocycles. The molecule has 1 saturated heterocycles. The smallest absolute Gasteiger partial charge is 0.125 e. The number of hydrogen-bond acceptors (Lipinski definition) is 4. The Bertz CT molecular complexity index is 1130. The predicted octanol–water partition coefficient (Wildman–Crippen LogP) is 3.55. The van der Waals surface area contributed by atoms with Crippen LogP contribution in [0.1, 0.15) is 16.7 Å². The van der Waals surface area contributed by atoms with Crippen LogP contribution in [0.25, 0.3) is 12.2 Å². The van der Waals surface area contributed by atoms with Crippen LogP contribution in [-0.2, 0) is 17.5 Å². The summed E-state index contributed by atoms with van der Waals surface area (Å²) in [5.74, 6) is -0.204. The standard InChI is InChI=1S/C24H24FN5OS/c25-23-16-21(15-22(17-23)18-28-9-8-27-19-28)2-1-20-3-5-24(6-4-20)29-10-12-30(13-11-29)32(31)14-7-26/h1-6,8-9,15-17,19H,10-14,18H2/b2-1+. The highest BCUT2D eigenvalue weighted by molar-refractivity contribution is 7.82. The Hall–Kier alpha value is -3.28. The fourth-order valence-corrected chi connectivity index (χ4v) is 4.60. The molecule has 0 radical (unpaired) electrons. The van der Waals surface area contributed by atoms with Gasteiger partial charge in [0.2, 0.25) is 0 Å². The van der Waals surface area contributed by atoms with Crippen LogP contribution in [0.2, 0.25) is 0 Å². The first-order chi connectivity index (χ1) is 15.6. The summed E-state index contributed by atoms with van der Waals surface area (Å²) in [5, 5.41) is 8.71. The molecule has 164 valence electrons. The van der Waals surface area contributed by atoms with Gasteiger partial charge in [0.15, 0.2) is 0 Å². The quantitative estimate of drug-likeness (QED) is 0.518. The molecule has 1 atom stereocenters. The molecule has 32 heavy (non-hydrogen) atoms. The molecule has 1 fully saturated rings. The van der Waals surface area contributed by atoms with Crippen LogP contribution in [0.15, 0.2) is 61.2 Å². The van der Waals surface area contributed by atoms with Gasteiger partial charge in [-0.25, -0.2) is 17.9 Å². The maximum absolute atomic E-state index is 14.1. The minimum absolute atomic E-state index is 0.0530. The molecule has 3 aromatic rings. The Morgan fingerprint density at radius 3 is 2.50 bits per heavy atom. The van der Waals surface area contributed by atoms with Gasteiger partial charge >= 0.3 is 0 Å². The average Bonchev–Trinajstić information content (AvgIpc) is 3.31. The Morgan fingerprint density at radius 2 is 1.81 bits per heavy atom. The van der Waals surface area contributed by atoms with Crippen molar-refractivity contribution in [2.45, 2.75) is 6.54 Å². The molecule has 0 N–H and O–H groups in total. The van der Waals surface area contributed by atoms with Crippen molar-refractivity contribution in [3.63, 3.8) is 0 Å². The molecule has 0 bridgehead atoms. The van der Waals surface area contributed by atoms with Gasteiger partial charge in [-0.1, -0.05) is 24.3 Å². The Labute approximate surface area is 189 Å². The zero-order valence-corrected chi connectivity index (χ0v) is 18.4. The molecular formula is C24H24FN5OS. The molecule has 4 rings (SSSR count). The third-order valence-electron chi connectivity index (χ3n) is 5.35. The molecule has 0 saturated carbocycles. The SMILES string of the molecule is N#CCS(=O)N1CCN(c2ccc(/C=C/c3cc(F)cc(Cn4ccnc4)c3)cc2)CC1. The van der Waals surface area contributed by atoms with Gasteiger partial charge in [-0.2, -0.15) is 5.26 Å². The number of aromatic nitrogens is 2. The normalized spacial score (nSPS) is 15.7. The summed E-state index contributed by atoms with van der Waals surface area (Å²) >= 11 is 0. The number of benzene rings is 2. The Morgan fingerprint density at radius 1 is 1.06 bits per heavy atom. The van der Waals surface area contributed by atoms with Gasteiger partial charge < -0.3 is 9.47 Å². The molecule has 1 aromatic heterocycles. The summed E-state index contributed by atoms with van der Waals surface area (Å²) < 4.78 is 29.8. The van der Waals surface area contributed by atoms with E-state index >= 15 is 0 Å². The van der Waals surface area contributed by atoms with Crippen molar-refractivity contribution in [3.8, 4) is 6.07 Å². The highest BCUT2D eigenvalue weighted by atomic mass is 32.2. The highest BCUT2D eigenvalue weighted by Crippen LogP contribution is 2.20. The average molecular weight is 450 g/mol. The molecular weight excluding hydrogens is 425 g/mol. The van der Waals surface area contributed by atoms with Crippen molar-refractivity contribution >= 4 is 28.8 Å². The minimum Gasteiger partial charge on any atom is -0.369 e. The Kier molecular flexibility index (Phi) is 7.10. The van der Waals surface area contributed by atoms with E-state index in [-0.39, 0.29) is 11.6 Å². The maximum atomic E-state index is 14.1. The van der Waals surface area contributed by atoms with Crippen molar-refractivity contribution in [2.75, 3.05) is 36.8 Å². The number of imidazole rings is 1. The van der Waals surface area contributed by atoms with E-state index in [0.717, 1.165) is 35.5 Å². The summed E-state index contributed by atoms with van der Waals surface area (Å²) in [6.45, 7) is 3.48. The van der Waals surface area contributed by atoms with Crippen molar-refractivity contribution in [1.82, 2.24) is 13.9 Å². The molecule has 1 unspecified atom stereocenters. The van der Waals surface area contributed by atoms with E-state index in [1.165, 1.54) is 6.07 Å². The molecule has 1 aliphatic rings. The fraction of sp³-hybridized carbons (Fsp3) is 0.250. The summed E-state index contributed by atoms with van der Waals surface area (Å²) in [6.07, 6.45) is 9.17. The first kappa shape index (κ1) is 21.9. The molecule has 8 heteroatoms. The molecule has 6 nitrogen and oxygen atoms in total. The molecule has 2 aromatic carbocycles. The van der Waals surface area contributed by atoms with E-state index in [9.17, 15) is 8.60 Å². The van der Waals surface area contributed by atoms with E-state index in [4.69, 9.17) is 5.26 Å². The van der Waals surface area contributed by atoms with Gasteiger partial charge in [0, 0.05) is 50.8 Å². The number of piperazine rings is 1. The second kappa shape index (κ2) is 10.4. The molecule has 2 heterocycles. The van der Waals surface area contributed by atoms with Crippen molar-refractivity contribution in [2.24, 2.45) is 0 Å². The molecule has 0 spiro atoms. The van der Waals surface area contributed by atoms with E-state index in [1.807, 2.05) is 51.5 Å². The van der Waals surface area contributed by atoms with E-state index in [1.54, 1.807) is 18.6 Å². The number of nitriles is 1. The Balaban J connectivity index is 1.37. The van der Waals surface area contributed by atoms with Gasteiger partial charge in [0.25, 0.3) is 0 Å². The van der Waals surface area contributed by atoms with Crippen molar-refractivity contribution in [3.05, 3.63) is 83.7 Å². The summed E-state index contributed by atoms with van der Waals surface area (Å²) in [6, 6.07) is 15.2. The number of rotatable bonds is 7. The predicted molar refractivity (Wildman–Crippen MR) is 126 cm³/mol. The number of anilines is 1. The second-order valence-electron chi connectivity index (χ2n) is 7.59. The zero-order chi connectivity index (χ0) is 22.3. The second-order valence-corrected chi connectivity index (χ2v) is 9.04. The third-order valence-corrected chi connectivity index (χ3v) is 6.66. The number of halogens is 1. The summed E-state index contributed by atoms with van der Waals surface area (Å²) in [5.41, 5.74) is 3.84. The van der Waals surface area contributed by atoms with Gasteiger partial charge in [-0.15, -0.1) is 0 Å². The monoisotopic (exact) mass is 449 g/mol. The lowest BCUT2D eigenvalue weighted by atomic mass is 10.1. The topological polar surface area (TPSA) is 65.2 Å². The summed E-state index contributed by atoms with van der Waals surface area (Å²) in [4.78, 5) is 6.28. The lowest BCUT2D eigenvalue weighted by molar-refractivity contribution is 0.411. The first-order valence-corrected chi connectivity index (χ1v) is 11.7. The van der Waals surface area contributed by atoms with Crippen LogP contribution in [-0.4, -0.2) is 50.0 Å². The van der Waals surface area contributed by atoms with Crippen molar-refractivity contribution < 1.29 is 8.60 Å². The maximum Gasteiger partial charge on any atom is 0.125 e. The minimum atomic E-state index is -1.21. The van der Waals surface area contributed by atoms with Crippen LogP contribution in [0, 0.1) is 17.1 Å². The van der Waals surface area contributed by atoms with Crippen LogP contribution in [0.3, 0.4) is 0 Å². The van der Waals surface area contributed by atoms with Crippen molar-refractivity contribution in [1.29, 1.82) is 5.26 Å². The van der Waals surface area contributed by atoms with Gasteiger partial charge in [-0.3, -0.25) is 0 Å². The largest absolute Gasteiger partial charge is 0.369 e. The zero-order valence-electron chi connectivity index (χ0n) is 17.6. The van der Waals surface area contributed by atoms with Crippen LogP contribution in [0.5, 0.6) is 0 Å².